The Hall–Kier alpha value is -1.88. The van der Waals surface area contributed by atoms with Crippen molar-refractivity contribution in [2.45, 2.75) is 52.6 Å². The van der Waals surface area contributed by atoms with Crippen LogP contribution < -0.4 is 10.3 Å². The highest BCUT2D eigenvalue weighted by atomic mass is 79.9. The van der Waals surface area contributed by atoms with Crippen molar-refractivity contribution in [1.82, 2.24) is 4.98 Å². The molecule has 0 fully saturated rings. The van der Waals surface area contributed by atoms with Gasteiger partial charge in [-0.3, -0.25) is 9.59 Å². The third kappa shape index (κ3) is 3.43. The van der Waals surface area contributed by atoms with E-state index in [1.807, 2.05) is 39.0 Å². The van der Waals surface area contributed by atoms with Crippen LogP contribution in [0.5, 0.6) is 5.75 Å². The van der Waals surface area contributed by atoms with Crippen molar-refractivity contribution >= 4 is 21.7 Å². The Morgan fingerprint density at radius 1 is 1.24 bits per heavy atom. The molecule has 1 aromatic heterocycles. The van der Waals surface area contributed by atoms with Gasteiger partial charge in [-0.15, -0.1) is 0 Å². The van der Waals surface area contributed by atoms with E-state index in [1.165, 1.54) is 0 Å². The van der Waals surface area contributed by atoms with Crippen molar-refractivity contribution < 1.29 is 9.53 Å². The Balaban J connectivity index is 1.82. The molecule has 0 bridgehead atoms. The van der Waals surface area contributed by atoms with Crippen LogP contribution in [0.2, 0.25) is 0 Å². The molecule has 0 aliphatic carbocycles. The molecule has 25 heavy (non-hydrogen) atoms. The van der Waals surface area contributed by atoms with E-state index in [4.69, 9.17) is 4.74 Å². The molecular formula is C20H22BrNO3. The second-order valence-corrected chi connectivity index (χ2v) is 7.71. The molecule has 132 valence electrons. The van der Waals surface area contributed by atoms with Gasteiger partial charge in [-0.05, 0) is 66.9 Å². The fourth-order valence-corrected chi connectivity index (χ4v) is 3.92. The molecule has 2 heterocycles. The van der Waals surface area contributed by atoms with E-state index < -0.39 is 0 Å². The molecule has 0 saturated carbocycles. The first-order valence-electron chi connectivity index (χ1n) is 8.50. The van der Waals surface area contributed by atoms with Crippen LogP contribution in [0.3, 0.4) is 0 Å². The van der Waals surface area contributed by atoms with Crippen LogP contribution in [0.25, 0.3) is 0 Å². The molecule has 0 saturated heterocycles. The topological polar surface area (TPSA) is 59.2 Å². The highest BCUT2D eigenvalue weighted by Gasteiger charge is 2.30. The first kappa shape index (κ1) is 17.9. The number of fused-ring (bicyclic) bond motifs is 1. The van der Waals surface area contributed by atoms with Gasteiger partial charge in [0.15, 0.2) is 5.78 Å². The molecule has 1 aliphatic heterocycles. The molecule has 0 radical (unpaired) electrons. The van der Waals surface area contributed by atoms with Crippen LogP contribution in [-0.4, -0.2) is 16.9 Å². The Morgan fingerprint density at radius 2 is 1.96 bits per heavy atom. The summed E-state index contributed by atoms with van der Waals surface area (Å²) < 4.78 is 6.67. The zero-order valence-corrected chi connectivity index (χ0v) is 16.5. The highest BCUT2D eigenvalue weighted by molar-refractivity contribution is 9.10. The lowest BCUT2D eigenvalue weighted by molar-refractivity contribution is 0.0982. The van der Waals surface area contributed by atoms with Crippen molar-refractivity contribution in [1.29, 1.82) is 0 Å². The number of Topliss-reactive ketones (excluding diaryl/α,β-unsaturated/α-hetero) is 1. The van der Waals surface area contributed by atoms with Crippen molar-refractivity contribution in [2.24, 2.45) is 0 Å². The molecular weight excluding hydrogens is 382 g/mol. The molecule has 0 unspecified atom stereocenters. The van der Waals surface area contributed by atoms with Gasteiger partial charge in [0, 0.05) is 34.7 Å². The van der Waals surface area contributed by atoms with Crippen LogP contribution in [0.15, 0.2) is 27.5 Å². The Kier molecular flexibility index (Phi) is 4.87. The average Bonchev–Trinajstić information content (AvgIpc) is 2.82. The smallest absolute Gasteiger partial charge is 0.251 e. The van der Waals surface area contributed by atoms with E-state index in [0.29, 0.717) is 24.0 Å². The number of halogens is 1. The average molecular weight is 404 g/mol. The third-order valence-corrected chi connectivity index (χ3v) is 5.58. The van der Waals surface area contributed by atoms with E-state index in [-0.39, 0.29) is 23.4 Å². The quantitative estimate of drug-likeness (QED) is 0.766. The van der Waals surface area contributed by atoms with Crippen LogP contribution >= 0.6 is 15.9 Å². The summed E-state index contributed by atoms with van der Waals surface area (Å²) in [7, 11) is 0. The molecule has 3 rings (SSSR count). The molecule has 1 N–H and O–H groups in total. The maximum atomic E-state index is 12.7. The SMILES string of the molecule is Cc1cc(C)c(CCC(=O)c2cc(Br)c3c(c2)[C@@H](C)[C@H](C)O3)c(=O)[nH]1. The van der Waals surface area contributed by atoms with Gasteiger partial charge >= 0.3 is 0 Å². The number of hydrogen-bond donors (Lipinski definition) is 1. The first-order chi connectivity index (χ1) is 11.8. The first-order valence-corrected chi connectivity index (χ1v) is 9.30. The van der Waals surface area contributed by atoms with Crippen molar-refractivity contribution in [3.05, 3.63) is 61.0 Å². The normalized spacial score (nSPS) is 18.8. The van der Waals surface area contributed by atoms with Crippen LogP contribution in [0, 0.1) is 13.8 Å². The number of H-pyrrole nitrogens is 1. The van der Waals surface area contributed by atoms with E-state index in [2.05, 4.69) is 27.8 Å². The predicted octanol–water partition coefficient (Wildman–Crippen LogP) is 4.45. The zero-order valence-electron chi connectivity index (χ0n) is 14.9. The summed E-state index contributed by atoms with van der Waals surface area (Å²) in [6.07, 6.45) is 0.853. The third-order valence-electron chi connectivity index (χ3n) is 4.99. The second kappa shape index (κ2) is 6.79. The lowest BCUT2D eigenvalue weighted by Crippen LogP contribution is -2.17. The molecule has 2 aromatic rings. The van der Waals surface area contributed by atoms with E-state index >= 15 is 0 Å². The molecule has 0 amide bonds. The van der Waals surface area contributed by atoms with Gasteiger partial charge in [0.05, 0.1) is 4.47 Å². The number of pyridine rings is 1. The molecule has 1 aromatic carbocycles. The van der Waals surface area contributed by atoms with Gasteiger partial charge < -0.3 is 9.72 Å². The largest absolute Gasteiger partial charge is 0.489 e. The summed E-state index contributed by atoms with van der Waals surface area (Å²) in [5.41, 5.74) is 4.08. The van der Waals surface area contributed by atoms with Crippen LogP contribution in [-0.2, 0) is 6.42 Å². The summed E-state index contributed by atoms with van der Waals surface area (Å²) in [4.78, 5) is 27.6. The number of carbonyl (C=O) groups excluding carboxylic acids is 1. The number of rotatable bonds is 4. The summed E-state index contributed by atoms with van der Waals surface area (Å²) in [6, 6.07) is 5.69. The summed E-state index contributed by atoms with van der Waals surface area (Å²) >= 11 is 3.52. The van der Waals surface area contributed by atoms with Gasteiger partial charge in [-0.25, -0.2) is 0 Å². The molecule has 4 nitrogen and oxygen atoms in total. The van der Waals surface area contributed by atoms with Gasteiger partial charge in [0.25, 0.3) is 5.56 Å². The number of benzene rings is 1. The number of carbonyl (C=O) groups is 1. The van der Waals surface area contributed by atoms with Gasteiger partial charge in [0.2, 0.25) is 0 Å². The van der Waals surface area contributed by atoms with E-state index in [9.17, 15) is 9.59 Å². The minimum Gasteiger partial charge on any atom is -0.489 e. The minimum absolute atomic E-state index is 0.0367. The van der Waals surface area contributed by atoms with Crippen molar-refractivity contribution in [3.63, 3.8) is 0 Å². The fourth-order valence-electron chi connectivity index (χ4n) is 3.35. The summed E-state index contributed by atoms with van der Waals surface area (Å²) in [5.74, 6) is 1.12. The Morgan fingerprint density at radius 3 is 2.64 bits per heavy atom. The summed E-state index contributed by atoms with van der Waals surface area (Å²) in [5, 5.41) is 0. The lowest BCUT2D eigenvalue weighted by Gasteiger charge is -2.09. The van der Waals surface area contributed by atoms with Crippen molar-refractivity contribution in [3.8, 4) is 5.75 Å². The number of nitrogens with one attached hydrogen (secondary N) is 1. The number of aryl methyl sites for hydroxylation is 2. The molecule has 1 aliphatic rings. The monoisotopic (exact) mass is 403 g/mol. The Bertz CT molecular complexity index is 901. The number of ketones is 1. The minimum atomic E-state index is -0.101. The highest BCUT2D eigenvalue weighted by Crippen LogP contribution is 2.43. The maximum absolute atomic E-state index is 12.7. The molecule has 5 heteroatoms. The fraction of sp³-hybridized carbons (Fsp3) is 0.400. The Labute approximate surface area is 155 Å². The lowest BCUT2D eigenvalue weighted by atomic mass is 9.94. The number of aromatic amines is 1. The van der Waals surface area contributed by atoms with E-state index in [1.54, 1.807) is 0 Å². The predicted molar refractivity (Wildman–Crippen MR) is 102 cm³/mol. The molecule has 2 atom stereocenters. The second-order valence-electron chi connectivity index (χ2n) is 6.85. The maximum Gasteiger partial charge on any atom is 0.251 e. The van der Waals surface area contributed by atoms with Crippen LogP contribution in [0.4, 0.5) is 0 Å². The van der Waals surface area contributed by atoms with Crippen molar-refractivity contribution in [2.75, 3.05) is 0 Å². The van der Waals surface area contributed by atoms with Gasteiger partial charge in [0.1, 0.15) is 11.9 Å². The van der Waals surface area contributed by atoms with Gasteiger partial charge in [-0.1, -0.05) is 6.92 Å². The van der Waals surface area contributed by atoms with E-state index in [0.717, 1.165) is 27.0 Å². The standard InChI is InChI=1S/C20H22BrNO3/c1-10-7-11(2)22-20(24)15(10)5-6-18(23)14-8-16-12(3)13(4)25-19(16)17(21)9-14/h7-9,12-13H,5-6H2,1-4H3,(H,22,24)/t12-,13-/m0/s1. The van der Waals surface area contributed by atoms with Crippen LogP contribution in [0.1, 0.15) is 58.9 Å². The molecule has 0 spiro atoms. The number of ether oxygens (including phenoxy) is 1. The zero-order chi connectivity index (χ0) is 18.3. The van der Waals surface area contributed by atoms with Gasteiger partial charge in [-0.2, -0.15) is 0 Å². The number of aromatic nitrogens is 1. The summed E-state index contributed by atoms with van der Waals surface area (Å²) in [6.45, 7) is 7.90. The number of hydrogen-bond acceptors (Lipinski definition) is 3.